The predicted octanol–water partition coefficient (Wildman–Crippen LogP) is 3.21. The maximum Gasteiger partial charge on any atom is 0.248 e. The van der Waals surface area contributed by atoms with E-state index in [4.69, 9.17) is 10.3 Å². The van der Waals surface area contributed by atoms with E-state index in [9.17, 15) is 9.59 Å². The maximum atomic E-state index is 12.1. The van der Waals surface area contributed by atoms with Gasteiger partial charge in [0.25, 0.3) is 0 Å². The summed E-state index contributed by atoms with van der Waals surface area (Å²) in [7, 11) is 0. The van der Waals surface area contributed by atoms with E-state index in [-0.39, 0.29) is 12.3 Å². The van der Waals surface area contributed by atoms with Gasteiger partial charge in [0, 0.05) is 30.5 Å². The SMILES string of the molecule is CC(C)c1ccc(-c2noc(CCC(=O)NCc3ccc(C(N)=O)cc3)n2)cc1. The van der Waals surface area contributed by atoms with Crippen LogP contribution in [0.3, 0.4) is 0 Å². The van der Waals surface area contributed by atoms with Crippen molar-refractivity contribution < 1.29 is 14.1 Å². The lowest BCUT2D eigenvalue weighted by atomic mass is 10.0. The second-order valence-electron chi connectivity index (χ2n) is 7.13. The summed E-state index contributed by atoms with van der Waals surface area (Å²) in [5.41, 5.74) is 8.66. The van der Waals surface area contributed by atoms with E-state index in [2.05, 4.69) is 41.4 Å². The Morgan fingerprint density at radius 2 is 1.76 bits per heavy atom. The average Bonchev–Trinajstić information content (AvgIpc) is 3.20. The van der Waals surface area contributed by atoms with Gasteiger partial charge in [0.15, 0.2) is 0 Å². The van der Waals surface area contributed by atoms with Crippen LogP contribution in [-0.4, -0.2) is 22.0 Å². The second-order valence-corrected chi connectivity index (χ2v) is 7.13. The van der Waals surface area contributed by atoms with Crippen molar-refractivity contribution in [2.75, 3.05) is 0 Å². The number of primary amides is 1. The molecule has 0 unspecified atom stereocenters. The first kappa shape index (κ1) is 20.3. The molecule has 0 saturated heterocycles. The Morgan fingerprint density at radius 3 is 2.38 bits per heavy atom. The molecule has 3 rings (SSSR count). The van der Waals surface area contributed by atoms with Gasteiger partial charge in [-0.05, 0) is 29.2 Å². The Bertz CT molecular complexity index is 976. The van der Waals surface area contributed by atoms with Crippen LogP contribution in [0.1, 0.15) is 53.6 Å². The van der Waals surface area contributed by atoms with Crippen molar-refractivity contribution in [2.24, 2.45) is 5.73 Å². The van der Waals surface area contributed by atoms with E-state index < -0.39 is 5.91 Å². The number of nitrogens with two attached hydrogens (primary N) is 1. The topological polar surface area (TPSA) is 111 Å². The molecule has 0 fully saturated rings. The maximum absolute atomic E-state index is 12.1. The van der Waals surface area contributed by atoms with E-state index >= 15 is 0 Å². The summed E-state index contributed by atoms with van der Waals surface area (Å²) in [5, 5.41) is 6.83. The number of carbonyl (C=O) groups is 2. The third-order valence-corrected chi connectivity index (χ3v) is 4.60. The van der Waals surface area contributed by atoms with Crippen molar-refractivity contribution in [1.29, 1.82) is 0 Å². The summed E-state index contributed by atoms with van der Waals surface area (Å²) >= 11 is 0. The molecule has 0 aliphatic heterocycles. The number of nitrogens with zero attached hydrogens (tertiary/aromatic N) is 2. The number of aromatic nitrogens is 2. The smallest absolute Gasteiger partial charge is 0.248 e. The van der Waals surface area contributed by atoms with Crippen LogP contribution in [-0.2, 0) is 17.8 Å². The summed E-state index contributed by atoms with van der Waals surface area (Å²) in [6.45, 7) is 4.65. The largest absolute Gasteiger partial charge is 0.366 e. The number of aryl methyl sites for hydroxylation is 1. The van der Waals surface area contributed by atoms with Crippen LogP contribution in [0.25, 0.3) is 11.4 Å². The molecule has 7 heteroatoms. The van der Waals surface area contributed by atoms with Gasteiger partial charge in [-0.2, -0.15) is 4.98 Å². The molecule has 0 aliphatic carbocycles. The van der Waals surface area contributed by atoms with Crippen LogP contribution < -0.4 is 11.1 Å². The van der Waals surface area contributed by atoms with Crippen molar-refractivity contribution in [2.45, 2.75) is 39.2 Å². The van der Waals surface area contributed by atoms with Crippen molar-refractivity contribution in [3.05, 3.63) is 71.1 Å². The van der Waals surface area contributed by atoms with Crippen molar-refractivity contribution in [3.8, 4) is 11.4 Å². The lowest BCUT2D eigenvalue weighted by Crippen LogP contribution is -2.23. The highest BCUT2D eigenvalue weighted by Gasteiger charge is 2.11. The zero-order chi connectivity index (χ0) is 20.8. The molecule has 150 valence electrons. The van der Waals surface area contributed by atoms with Gasteiger partial charge >= 0.3 is 0 Å². The van der Waals surface area contributed by atoms with Crippen LogP contribution in [0.5, 0.6) is 0 Å². The quantitative estimate of drug-likeness (QED) is 0.611. The Labute approximate surface area is 169 Å². The predicted molar refractivity (Wildman–Crippen MR) is 109 cm³/mol. The molecule has 0 saturated carbocycles. The zero-order valence-corrected chi connectivity index (χ0v) is 16.5. The molecule has 0 radical (unpaired) electrons. The minimum atomic E-state index is -0.477. The number of benzene rings is 2. The van der Waals surface area contributed by atoms with Gasteiger partial charge in [-0.15, -0.1) is 0 Å². The van der Waals surface area contributed by atoms with Crippen molar-refractivity contribution >= 4 is 11.8 Å². The van der Waals surface area contributed by atoms with Gasteiger partial charge in [-0.25, -0.2) is 0 Å². The molecule has 0 bridgehead atoms. The highest BCUT2D eigenvalue weighted by Crippen LogP contribution is 2.20. The fourth-order valence-electron chi connectivity index (χ4n) is 2.79. The molecular weight excluding hydrogens is 368 g/mol. The highest BCUT2D eigenvalue weighted by molar-refractivity contribution is 5.92. The molecule has 1 heterocycles. The molecule has 1 aromatic heterocycles. The molecule has 7 nitrogen and oxygen atoms in total. The second kappa shape index (κ2) is 9.14. The number of rotatable bonds is 8. The number of nitrogens with one attached hydrogen (secondary N) is 1. The Kier molecular flexibility index (Phi) is 6.39. The molecular formula is C22H24N4O3. The molecule has 3 aromatic rings. The van der Waals surface area contributed by atoms with Crippen LogP contribution >= 0.6 is 0 Å². The molecule has 0 atom stereocenters. The molecule has 0 aliphatic rings. The number of hydrogen-bond donors (Lipinski definition) is 2. The summed E-state index contributed by atoms with van der Waals surface area (Å²) in [5.74, 6) is 0.809. The van der Waals surface area contributed by atoms with Gasteiger partial charge in [-0.3, -0.25) is 9.59 Å². The first-order valence-corrected chi connectivity index (χ1v) is 9.50. The Hall–Kier alpha value is -3.48. The third-order valence-electron chi connectivity index (χ3n) is 4.60. The monoisotopic (exact) mass is 392 g/mol. The van der Waals surface area contributed by atoms with E-state index in [0.29, 0.717) is 36.2 Å². The summed E-state index contributed by atoms with van der Waals surface area (Å²) in [6.07, 6.45) is 0.608. The Morgan fingerprint density at radius 1 is 1.07 bits per heavy atom. The minimum absolute atomic E-state index is 0.120. The first-order chi connectivity index (χ1) is 13.9. The van der Waals surface area contributed by atoms with E-state index in [0.717, 1.165) is 11.1 Å². The van der Waals surface area contributed by atoms with Crippen molar-refractivity contribution in [3.63, 3.8) is 0 Å². The summed E-state index contributed by atoms with van der Waals surface area (Å²) < 4.78 is 5.26. The Balaban J connectivity index is 1.48. The van der Waals surface area contributed by atoms with E-state index in [1.54, 1.807) is 24.3 Å². The van der Waals surface area contributed by atoms with Gasteiger partial charge in [-0.1, -0.05) is 55.4 Å². The van der Waals surface area contributed by atoms with Gasteiger partial charge in [0.05, 0.1) is 0 Å². The number of carbonyl (C=O) groups excluding carboxylic acids is 2. The molecule has 29 heavy (non-hydrogen) atoms. The average molecular weight is 392 g/mol. The molecule has 3 N–H and O–H groups in total. The highest BCUT2D eigenvalue weighted by atomic mass is 16.5. The number of amides is 2. The normalized spacial score (nSPS) is 10.9. The van der Waals surface area contributed by atoms with Crippen LogP contribution in [0.4, 0.5) is 0 Å². The minimum Gasteiger partial charge on any atom is -0.366 e. The van der Waals surface area contributed by atoms with Crippen molar-refractivity contribution in [1.82, 2.24) is 15.5 Å². The van der Waals surface area contributed by atoms with Crippen LogP contribution in [0.2, 0.25) is 0 Å². The summed E-state index contributed by atoms with van der Waals surface area (Å²) in [6, 6.07) is 14.8. The zero-order valence-electron chi connectivity index (χ0n) is 16.5. The van der Waals surface area contributed by atoms with E-state index in [1.165, 1.54) is 5.56 Å². The number of hydrogen-bond acceptors (Lipinski definition) is 5. The van der Waals surface area contributed by atoms with Crippen LogP contribution in [0.15, 0.2) is 53.1 Å². The first-order valence-electron chi connectivity index (χ1n) is 9.50. The van der Waals surface area contributed by atoms with Gasteiger partial charge in [0.1, 0.15) is 0 Å². The van der Waals surface area contributed by atoms with E-state index in [1.807, 2.05) is 12.1 Å². The lowest BCUT2D eigenvalue weighted by molar-refractivity contribution is -0.121. The van der Waals surface area contributed by atoms with Gasteiger partial charge in [0.2, 0.25) is 23.5 Å². The molecule has 0 spiro atoms. The lowest BCUT2D eigenvalue weighted by Gasteiger charge is -2.05. The summed E-state index contributed by atoms with van der Waals surface area (Å²) in [4.78, 5) is 27.5. The van der Waals surface area contributed by atoms with Gasteiger partial charge < -0.3 is 15.6 Å². The fourth-order valence-corrected chi connectivity index (χ4v) is 2.79. The van der Waals surface area contributed by atoms with Crippen LogP contribution in [0, 0.1) is 0 Å². The fraction of sp³-hybridized carbons (Fsp3) is 0.273. The molecule has 2 amide bonds. The molecule has 2 aromatic carbocycles. The standard InChI is InChI=1S/C22H24N4O3/c1-14(2)16-7-9-18(10-8-16)22-25-20(29-26-22)12-11-19(27)24-13-15-3-5-17(6-4-15)21(23)28/h3-10,14H,11-13H2,1-2H3,(H2,23,28)(H,24,27). The third kappa shape index (κ3) is 5.51.